The number of nitrogens with zero attached hydrogens (tertiary/aromatic N) is 1. The molecule has 1 aliphatic heterocycles. The van der Waals surface area contributed by atoms with Gasteiger partial charge in [-0.1, -0.05) is 18.2 Å². The number of primary amides is 1. The maximum Gasteiger partial charge on any atom is 0.253 e. The molecule has 0 bridgehead atoms. The Morgan fingerprint density at radius 1 is 1.24 bits per heavy atom. The molecule has 90 valence electrons. The van der Waals surface area contributed by atoms with Crippen LogP contribution in [0.1, 0.15) is 23.2 Å². The fourth-order valence-corrected chi connectivity index (χ4v) is 2.16. The minimum atomic E-state index is -0.310. The number of hydrogen-bond acceptors (Lipinski definition) is 2. The van der Waals surface area contributed by atoms with Crippen molar-refractivity contribution >= 4 is 11.8 Å². The Morgan fingerprint density at radius 2 is 1.94 bits per heavy atom. The summed E-state index contributed by atoms with van der Waals surface area (Å²) in [7, 11) is 0. The Hall–Kier alpha value is -1.84. The lowest BCUT2D eigenvalue weighted by Crippen LogP contribution is -2.44. The van der Waals surface area contributed by atoms with E-state index in [2.05, 4.69) is 0 Å². The van der Waals surface area contributed by atoms with Gasteiger partial charge in [-0.3, -0.25) is 9.59 Å². The normalized spacial score (nSPS) is 20.0. The van der Waals surface area contributed by atoms with Crippen LogP contribution >= 0.6 is 0 Å². The molecule has 4 nitrogen and oxygen atoms in total. The predicted octanol–water partition coefficient (Wildman–Crippen LogP) is 1.02. The highest BCUT2D eigenvalue weighted by atomic mass is 16.2. The van der Waals surface area contributed by atoms with Crippen LogP contribution in [-0.4, -0.2) is 29.8 Å². The first-order valence-electron chi connectivity index (χ1n) is 5.82. The second-order valence-electron chi connectivity index (χ2n) is 4.36. The minimum absolute atomic E-state index is 0.0171. The Labute approximate surface area is 100 Å². The van der Waals surface area contributed by atoms with Crippen molar-refractivity contribution in [2.45, 2.75) is 12.8 Å². The van der Waals surface area contributed by atoms with Crippen LogP contribution in [0.2, 0.25) is 0 Å². The van der Waals surface area contributed by atoms with Crippen LogP contribution < -0.4 is 5.73 Å². The van der Waals surface area contributed by atoms with Crippen LogP contribution in [-0.2, 0) is 4.79 Å². The first-order chi connectivity index (χ1) is 8.18. The summed E-state index contributed by atoms with van der Waals surface area (Å²) in [6.07, 6.45) is 1.63. The molecule has 4 heteroatoms. The molecule has 0 aromatic heterocycles. The molecule has 1 aromatic rings. The van der Waals surface area contributed by atoms with Gasteiger partial charge in [0.2, 0.25) is 5.91 Å². The van der Waals surface area contributed by atoms with Crippen molar-refractivity contribution < 1.29 is 9.59 Å². The zero-order valence-electron chi connectivity index (χ0n) is 9.63. The van der Waals surface area contributed by atoms with Gasteiger partial charge in [-0.2, -0.15) is 0 Å². The highest BCUT2D eigenvalue weighted by molar-refractivity contribution is 5.94. The van der Waals surface area contributed by atoms with E-state index < -0.39 is 0 Å². The van der Waals surface area contributed by atoms with Crippen LogP contribution in [0, 0.1) is 5.92 Å². The molecule has 2 amide bonds. The van der Waals surface area contributed by atoms with Crippen molar-refractivity contribution in [3.05, 3.63) is 35.9 Å². The first kappa shape index (κ1) is 11.6. The van der Waals surface area contributed by atoms with Gasteiger partial charge in [0.15, 0.2) is 0 Å². The van der Waals surface area contributed by atoms with Crippen LogP contribution in [0.25, 0.3) is 0 Å². The SMILES string of the molecule is NC(=O)[C@@H]1CCCN(C(=O)c2ccccc2)C1. The van der Waals surface area contributed by atoms with Crippen molar-refractivity contribution in [3.8, 4) is 0 Å². The monoisotopic (exact) mass is 232 g/mol. The molecule has 0 aliphatic carbocycles. The second kappa shape index (κ2) is 4.99. The summed E-state index contributed by atoms with van der Waals surface area (Å²) < 4.78 is 0. The quantitative estimate of drug-likeness (QED) is 0.827. The van der Waals surface area contributed by atoms with Gasteiger partial charge in [0.25, 0.3) is 5.91 Å². The van der Waals surface area contributed by atoms with Crippen molar-refractivity contribution in [2.24, 2.45) is 11.7 Å². The smallest absolute Gasteiger partial charge is 0.253 e. The fourth-order valence-electron chi connectivity index (χ4n) is 2.16. The highest BCUT2D eigenvalue weighted by Crippen LogP contribution is 2.18. The summed E-state index contributed by atoms with van der Waals surface area (Å²) in [6.45, 7) is 1.15. The fraction of sp³-hybridized carbons (Fsp3) is 0.385. The summed E-state index contributed by atoms with van der Waals surface area (Å²) in [4.78, 5) is 25.0. The molecule has 17 heavy (non-hydrogen) atoms. The maximum atomic E-state index is 12.1. The van der Waals surface area contributed by atoms with Gasteiger partial charge < -0.3 is 10.6 Å². The van der Waals surface area contributed by atoms with Gasteiger partial charge in [-0.25, -0.2) is 0 Å². The third-order valence-electron chi connectivity index (χ3n) is 3.13. The van der Waals surface area contributed by atoms with Gasteiger partial charge in [0, 0.05) is 18.7 Å². The number of likely N-dealkylation sites (tertiary alicyclic amines) is 1. The molecular formula is C13H16N2O2. The molecule has 2 rings (SSSR count). The van der Waals surface area contributed by atoms with Crippen molar-refractivity contribution in [1.82, 2.24) is 4.90 Å². The van der Waals surface area contributed by atoms with E-state index in [1.54, 1.807) is 17.0 Å². The Balaban J connectivity index is 2.07. The van der Waals surface area contributed by atoms with Gasteiger partial charge in [0.1, 0.15) is 0 Å². The third kappa shape index (κ3) is 2.64. The molecule has 1 saturated heterocycles. The number of rotatable bonds is 2. The Bertz CT molecular complexity index is 417. The van der Waals surface area contributed by atoms with E-state index in [0.29, 0.717) is 18.7 Å². The van der Waals surface area contributed by atoms with Gasteiger partial charge in [-0.15, -0.1) is 0 Å². The summed E-state index contributed by atoms with van der Waals surface area (Å²) >= 11 is 0. The molecule has 0 unspecified atom stereocenters. The standard InChI is InChI=1S/C13H16N2O2/c14-12(16)11-7-4-8-15(9-11)13(17)10-5-2-1-3-6-10/h1-3,5-6,11H,4,7-9H2,(H2,14,16)/t11-/m1/s1. The molecular weight excluding hydrogens is 216 g/mol. The largest absolute Gasteiger partial charge is 0.369 e. The molecule has 1 fully saturated rings. The second-order valence-corrected chi connectivity index (χ2v) is 4.36. The van der Waals surface area contributed by atoms with Crippen LogP contribution in [0.4, 0.5) is 0 Å². The molecule has 2 N–H and O–H groups in total. The third-order valence-corrected chi connectivity index (χ3v) is 3.13. The molecule has 1 aromatic carbocycles. The first-order valence-corrected chi connectivity index (χ1v) is 5.82. The van der Waals surface area contributed by atoms with E-state index in [0.717, 1.165) is 12.8 Å². The lowest BCUT2D eigenvalue weighted by atomic mass is 9.97. The molecule has 0 radical (unpaired) electrons. The van der Waals surface area contributed by atoms with Gasteiger partial charge in [0.05, 0.1) is 5.92 Å². The predicted molar refractivity (Wildman–Crippen MR) is 64.3 cm³/mol. The number of amides is 2. The lowest BCUT2D eigenvalue weighted by Gasteiger charge is -2.31. The van der Waals surface area contributed by atoms with Crippen LogP contribution in [0.3, 0.4) is 0 Å². The summed E-state index contributed by atoms with van der Waals surface area (Å²) in [5, 5.41) is 0. The number of piperidine rings is 1. The highest BCUT2D eigenvalue weighted by Gasteiger charge is 2.27. The maximum absolute atomic E-state index is 12.1. The number of carbonyl (C=O) groups is 2. The van der Waals surface area contributed by atoms with Crippen LogP contribution in [0.5, 0.6) is 0 Å². The zero-order valence-corrected chi connectivity index (χ0v) is 9.63. The molecule has 1 heterocycles. The van der Waals surface area contributed by atoms with Gasteiger partial charge >= 0.3 is 0 Å². The van der Waals surface area contributed by atoms with E-state index in [1.165, 1.54) is 0 Å². The van der Waals surface area contributed by atoms with Crippen LogP contribution in [0.15, 0.2) is 30.3 Å². The van der Waals surface area contributed by atoms with E-state index in [4.69, 9.17) is 5.73 Å². The number of carbonyl (C=O) groups excluding carboxylic acids is 2. The number of benzene rings is 1. The summed E-state index contributed by atoms with van der Waals surface area (Å²) in [5.74, 6) is -0.525. The van der Waals surface area contributed by atoms with Crippen molar-refractivity contribution in [2.75, 3.05) is 13.1 Å². The molecule has 0 saturated carbocycles. The number of nitrogens with two attached hydrogens (primary N) is 1. The van der Waals surface area contributed by atoms with Gasteiger partial charge in [-0.05, 0) is 25.0 Å². The van der Waals surface area contributed by atoms with Crippen molar-refractivity contribution in [1.29, 1.82) is 0 Å². The van der Waals surface area contributed by atoms with E-state index in [-0.39, 0.29) is 17.7 Å². The number of hydrogen-bond donors (Lipinski definition) is 1. The zero-order chi connectivity index (χ0) is 12.3. The van der Waals surface area contributed by atoms with E-state index in [9.17, 15) is 9.59 Å². The molecule has 1 aliphatic rings. The topological polar surface area (TPSA) is 63.4 Å². The van der Waals surface area contributed by atoms with Crippen molar-refractivity contribution in [3.63, 3.8) is 0 Å². The van der Waals surface area contributed by atoms with E-state index in [1.807, 2.05) is 18.2 Å². The molecule has 1 atom stereocenters. The average Bonchev–Trinajstić information content (AvgIpc) is 2.39. The molecule has 0 spiro atoms. The lowest BCUT2D eigenvalue weighted by molar-refractivity contribution is -0.123. The average molecular weight is 232 g/mol. The summed E-state index contributed by atoms with van der Waals surface area (Å²) in [5.41, 5.74) is 5.96. The Kier molecular flexibility index (Phi) is 3.42. The summed E-state index contributed by atoms with van der Waals surface area (Å²) in [6, 6.07) is 9.12. The Morgan fingerprint density at radius 3 is 2.59 bits per heavy atom. The minimum Gasteiger partial charge on any atom is -0.369 e. The van der Waals surface area contributed by atoms with E-state index >= 15 is 0 Å².